The van der Waals surface area contributed by atoms with Crippen LogP contribution in [0.2, 0.25) is 0 Å². The first-order valence-electron chi connectivity index (χ1n) is 6.91. The van der Waals surface area contributed by atoms with E-state index in [0.29, 0.717) is 19.6 Å². The minimum atomic E-state index is -0.132. The van der Waals surface area contributed by atoms with Crippen LogP contribution in [0.4, 0.5) is 10.7 Å². The third kappa shape index (κ3) is 2.93. The van der Waals surface area contributed by atoms with Gasteiger partial charge >= 0.3 is 6.03 Å². The normalized spacial score (nSPS) is 12.9. The highest BCUT2D eigenvalue weighted by Crippen LogP contribution is 2.20. The van der Waals surface area contributed by atoms with E-state index in [-0.39, 0.29) is 12.0 Å². The number of nitrogens with one attached hydrogen (secondary N) is 1. The van der Waals surface area contributed by atoms with Crippen molar-refractivity contribution in [1.29, 1.82) is 0 Å². The highest BCUT2D eigenvalue weighted by Gasteiger charge is 2.24. The summed E-state index contributed by atoms with van der Waals surface area (Å²) in [5.74, 6) is 1.03. The van der Waals surface area contributed by atoms with Crippen LogP contribution >= 0.6 is 0 Å². The number of methoxy groups -OCH3 is 1. The van der Waals surface area contributed by atoms with Crippen molar-refractivity contribution in [3.63, 3.8) is 0 Å². The van der Waals surface area contributed by atoms with Gasteiger partial charge in [0.05, 0.1) is 25.9 Å². The largest absolute Gasteiger partial charge is 0.497 e. The Kier molecular flexibility index (Phi) is 3.78. The van der Waals surface area contributed by atoms with E-state index >= 15 is 0 Å². The molecule has 1 aromatic heterocycles. The standard InChI is InChI=1S/C15H17N5O2/c1-22-12-4-2-10(3-5-12)6-18-15(21)20-8-11-7-17-14(16)19-13(11)9-20/h2-5,7H,6,8-9H2,1H3,(H,18,21)(H2,16,17,19). The molecule has 0 atom stereocenters. The fraction of sp³-hybridized carbons (Fsp3) is 0.267. The zero-order valence-corrected chi connectivity index (χ0v) is 12.2. The molecule has 1 aliphatic rings. The monoisotopic (exact) mass is 299 g/mol. The topological polar surface area (TPSA) is 93.4 Å². The Balaban J connectivity index is 1.57. The Hall–Kier alpha value is -2.83. The summed E-state index contributed by atoms with van der Waals surface area (Å²) in [6.45, 7) is 1.42. The molecule has 7 heteroatoms. The van der Waals surface area contributed by atoms with Gasteiger partial charge in [0, 0.05) is 18.3 Å². The summed E-state index contributed by atoms with van der Waals surface area (Å²) in [5.41, 5.74) is 8.32. The quantitative estimate of drug-likeness (QED) is 0.891. The van der Waals surface area contributed by atoms with Crippen molar-refractivity contribution in [2.45, 2.75) is 19.6 Å². The SMILES string of the molecule is COc1ccc(CNC(=O)N2Cc3cnc(N)nc3C2)cc1. The van der Waals surface area contributed by atoms with Crippen molar-refractivity contribution in [2.24, 2.45) is 0 Å². The van der Waals surface area contributed by atoms with E-state index in [1.165, 1.54) is 0 Å². The lowest BCUT2D eigenvalue weighted by atomic mass is 10.2. The molecular weight excluding hydrogens is 282 g/mol. The number of nitrogens with zero attached hydrogens (tertiary/aromatic N) is 3. The van der Waals surface area contributed by atoms with E-state index in [9.17, 15) is 4.79 Å². The van der Waals surface area contributed by atoms with Crippen molar-refractivity contribution in [3.05, 3.63) is 47.3 Å². The maximum Gasteiger partial charge on any atom is 0.318 e. The summed E-state index contributed by atoms with van der Waals surface area (Å²) in [4.78, 5) is 22.0. The van der Waals surface area contributed by atoms with Crippen LogP contribution in [-0.2, 0) is 19.6 Å². The second-order valence-electron chi connectivity index (χ2n) is 5.06. The highest BCUT2D eigenvalue weighted by molar-refractivity contribution is 5.74. The van der Waals surface area contributed by atoms with Crippen LogP contribution in [0.15, 0.2) is 30.5 Å². The molecule has 3 rings (SSSR count). The molecule has 22 heavy (non-hydrogen) atoms. The lowest BCUT2D eigenvalue weighted by Gasteiger charge is -2.16. The van der Waals surface area contributed by atoms with E-state index in [0.717, 1.165) is 22.6 Å². The number of hydrogen-bond donors (Lipinski definition) is 2. The molecule has 114 valence electrons. The van der Waals surface area contributed by atoms with Crippen LogP contribution in [0, 0.1) is 0 Å². The third-order valence-electron chi connectivity index (χ3n) is 3.56. The third-order valence-corrected chi connectivity index (χ3v) is 3.56. The molecule has 0 unspecified atom stereocenters. The molecule has 7 nitrogen and oxygen atoms in total. The van der Waals surface area contributed by atoms with E-state index in [2.05, 4.69) is 15.3 Å². The van der Waals surface area contributed by atoms with Crippen molar-refractivity contribution in [3.8, 4) is 5.75 Å². The van der Waals surface area contributed by atoms with Crippen LogP contribution in [0.25, 0.3) is 0 Å². The first kappa shape index (κ1) is 14.1. The molecular formula is C15H17N5O2. The van der Waals surface area contributed by atoms with Gasteiger partial charge in [0.15, 0.2) is 0 Å². The van der Waals surface area contributed by atoms with Crippen LogP contribution in [-0.4, -0.2) is 28.0 Å². The number of carbonyl (C=O) groups is 1. The zero-order chi connectivity index (χ0) is 15.5. The number of urea groups is 1. The first-order chi connectivity index (χ1) is 10.7. The number of amides is 2. The van der Waals surface area contributed by atoms with E-state index < -0.39 is 0 Å². The van der Waals surface area contributed by atoms with Crippen molar-refractivity contribution in [1.82, 2.24) is 20.2 Å². The van der Waals surface area contributed by atoms with Crippen LogP contribution < -0.4 is 15.8 Å². The predicted octanol–water partition coefficient (Wildman–Crippen LogP) is 1.29. The van der Waals surface area contributed by atoms with Gasteiger partial charge in [0.25, 0.3) is 0 Å². The minimum absolute atomic E-state index is 0.132. The van der Waals surface area contributed by atoms with E-state index in [4.69, 9.17) is 10.5 Å². The second-order valence-corrected chi connectivity index (χ2v) is 5.06. The van der Waals surface area contributed by atoms with E-state index in [1.807, 2.05) is 24.3 Å². The average molecular weight is 299 g/mol. The number of nitrogens with two attached hydrogens (primary N) is 1. The zero-order valence-electron chi connectivity index (χ0n) is 12.2. The molecule has 2 amide bonds. The molecule has 2 aromatic rings. The second kappa shape index (κ2) is 5.88. The lowest BCUT2D eigenvalue weighted by Crippen LogP contribution is -2.36. The molecule has 0 radical (unpaired) electrons. The molecule has 3 N–H and O–H groups in total. The number of aromatic nitrogens is 2. The van der Waals surface area contributed by atoms with Gasteiger partial charge in [-0.15, -0.1) is 0 Å². The molecule has 2 heterocycles. The Bertz CT molecular complexity index is 687. The van der Waals surface area contributed by atoms with Crippen molar-refractivity contribution >= 4 is 12.0 Å². The van der Waals surface area contributed by atoms with Gasteiger partial charge in [-0.1, -0.05) is 12.1 Å². The predicted molar refractivity (Wildman–Crippen MR) is 80.9 cm³/mol. The number of benzene rings is 1. The first-order valence-corrected chi connectivity index (χ1v) is 6.91. The summed E-state index contributed by atoms with van der Waals surface area (Å²) in [5, 5.41) is 2.89. The maximum absolute atomic E-state index is 12.2. The number of hydrogen-bond acceptors (Lipinski definition) is 5. The molecule has 0 bridgehead atoms. The molecule has 0 spiro atoms. The molecule has 0 fully saturated rings. The number of carbonyl (C=O) groups excluding carboxylic acids is 1. The minimum Gasteiger partial charge on any atom is -0.497 e. The Morgan fingerprint density at radius 3 is 2.86 bits per heavy atom. The number of ether oxygens (including phenoxy) is 1. The highest BCUT2D eigenvalue weighted by atomic mass is 16.5. The number of anilines is 1. The summed E-state index contributed by atoms with van der Waals surface area (Å²) < 4.78 is 5.10. The van der Waals surface area contributed by atoms with Crippen LogP contribution in [0.3, 0.4) is 0 Å². The summed E-state index contributed by atoms with van der Waals surface area (Å²) >= 11 is 0. The van der Waals surface area contributed by atoms with Gasteiger partial charge < -0.3 is 20.7 Å². The fourth-order valence-corrected chi connectivity index (χ4v) is 2.35. The van der Waals surface area contributed by atoms with Gasteiger partial charge in [-0.3, -0.25) is 0 Å². The van der Waals surface area contributed by atoms with Crippen LogP contribution in [0.1, 0.15) is 16.8 Å². The van der Waals surface area contributed by atoms with Gasteiger partial charge in [-0.05, 0) is 17.7 Å². The Labute approximate surface area is 128 Å². The van der Waals surface area contributed by atoms with Gasteiger partial charge in [0.1, 0.15) is 5.75 Å². The van der Waals surface area contributed by atoms with Crippen LogP contribution in [0.5, 0.6) is 5.75 Å². The average Bonchev–Trinajstić information content (AvgIpc) is 2.96. The van der Waals surface area contributed by atoms with Gasteiger partial charge in [0.2, 0.25) is 5.95 Å². The Morgan fingerprint density at radius 2 is 2.14 bits per heavy atom. The van der Waals surface area contributed by atoms with Gasteiger partial charge in [-0.2, -0.15) is 0 Å². The number of rotatable bonds is 3. The summed E-state index contributed by atoms with van der Waals surface area (Å²) in [6.07, 6.45) is 1.68. The molecule has 1 aliphatic heterocycles. The summed E-state index contributed by atoms with van der Waals surface area (Å²) in [6, 6.07) is 7.44. The molecule has 0 saturated carbocycles. The number of fused-ring (bicyclic) bond motifs is 1. The van der Waals surface area contributed by atoms with E-state index in [1.54, 1.807) is 18.2 Å². The smallest absolute Gasteiger partial charge is 0.318 e. The molecule has 0 aliphatic carbocycles. The van der Waals surface area contributed by atoms with Crippen molar-refractivity contribution in [2.75, 3.05) is 12.8 Å². The lowest BCUT2D eigenvalue weighted by molar-refractivity contribution is 0.197. The van der Waals surface area contributed by atoms with Gasteiger partial charge in [-0.25, -0.2) is 14.8 Å². The fourth-order valence-electron chi connectivity index (χ4n) is 2.35. The maximum atomic E-state index is 12.2. The molecule has 1 aromatic carbocycles. The Morgan fingerprint density at radius 1 is 1.36 bits per heavy atom. The van der Waals surface area contributed by atoms with Crippen molar-refractivity contribution < 1.29 is 9.53 Å². The molecule has 0 saturated heterocycles. The number of nitrogen functional groups attached to an aromatic ring is 1. The summed E-state index contributed by atoms with van der Waals surface area (Å²) in [7, 11) is 1.62.